The molecule has 3 aromatic rings. The quantitative estimate of drug-likeness (QED) is 0.679. The van der Waals surface area contributed by atoms with Gasteiger partial charge in [-0.1, -0.05) is 42.5 Å². The van der Waals surface area contributed by atoms with E-state index in [0.717, 1.165) is 30.0 Å². The molecule has 0 aromatic heterocycles. The fourth-order valence-corrected chi connectivity index (χ4v) is 4.10. The van der Waals surface area contributed by atoms with Gasteiger partial charge in [0.2, 0.25) is 15.9 Å². The molecule has 1 aliphatic rings. The van der Waals surface area contributed by atoms with Gasteiger partial charge in [-0.15, -0.1) is 0 Å². The van der Waals surface area contributed by atoms with Crippen molar-refractivity contribution >= 4 is 33.0 Å². The van der Waals surface area contributed by atoms with Gasteiger partial charge < -0.3 is 10.2 Å². The van der Waals surface area contributed by atoms with Gasteiger partial charge in [0.1, 0.15) is 0 Å². The number of carbonyl (C=O) groups excluding carboxylic acids is 1. The average Bonchev–Trinajstić information content (AvgIpc) is 3.12. The van der Waals surface area contributed by atoms with Gasteiger partial charge in [-0.05, 0) is 47.9 Å². The average molecular weight is 407 g/mol. The van der Waals surface area contributed by atoms with E-state index < -0.39 is 10.0 Å². The Morgan fingerprint density at radius 1 is 0.931 bits per heavy atom. The van der Waals surface area contributed by atoms with Crippen LogP contribution in [0, 0.1) is 0 Å². The van der Waals surface area contributed by atoms with E-state index in [1.54, 1.807) is 12.1 Å². The van der Waals surface area contributed by atoms with E-state index in [4.69, 9.17) is 5.14 Å². The molecule has 6 nitrogen and oxygen atoms in total. The number of fused-ring (bicyclic) bond motifs is 1. The fraction of sp³-hybridized carbons (Fsp3) is 0.136. The molecule has 0 atom stereocenters. The number of hydrogen-bond acceptors (Lipinski definition) is 4. The summed E-state index contributed by atoms with van der Waals surface area (Å²) in [4.78, 5) is 14.8. The van der Waals surface area contributed by atoms with E-state index in [1.165, 1.54) is 17.7 Å². The highest BCUT2D eigenvalue weighted by Gasteiger charge is 2.22. The molecule has 29 heavy (non-hydrogen) atoms. The van der Waals surface area contributed by atoms with Crippen LogP contribution in [-0.2, 0) is 27.7 Å². The maximum absolute atomic E-state index is 12.6. The van der Waals surface area contributed by atoms with E-state index in [1.807, 2.05) is 36.4 Å². The molecule has 4 rings (SSSR count). The summed E-state index contributed by atoms with van der Waals surface area (Å²) in [5.41, 5.74) is 4.86. The van der Waals surface area contributed by atoms with Crippen LogP contribution in [0.3, 0.4) is 0 Å². The molecular weight excluding hydrogens is 386 g/mol. The number of para-hydroxylation sites is 3. The van der Waals surface area contributed by atoms with Gasteiger partial charge in [0, 0.05) is 12.2 Å². The second-order valence-electron chi connectivity index (χ2n) is 6.96. The van der Waals surface area contributed by atoms with Crippen LogP contribution in [0.25, 0.3) is 0 Å². The third-order valence-electron chi connectivity index (χ3n) is 4.97. The fourth-order valence-electron chi connectivity index (χ4n) is 3.58. The Morgan fingerprint density at radius 2 is 1.59 bits per heavy atom. The SMILES string of the molecule is NS(=O)(=O)c1ccc(CC(=O)Nc2ccccc2N2CCc3ccccc32)cc1. The Kier molecular flexibility index (Phi) is 5.08. The molecule has 0 radical (unpaired) electrons. The van der Waals surface area contributed by atoms with Crippen molar-refractivity contribution in [3.63, 3.8) is 0 Å². The first-order chi connectivity index (χ1) is 13.9. The van der Waals surface area contributed by atoms with Crippen molar-refractivity contribution in [2.45, 2.75) is 17.7 Å². The number of nitrogens with zero attached hydrogens (tertiary/aromatic N) is 1. The Labute approximate surface area is 170 Å². The largest absolute Gasteiger partial charge is 0.339 e. The Bertz CT molecular complexity index is 1160. The lowest BCUT2D eigenvalue weighted by Gasteiger charge is -2.23. The van der Waals surface area contributed by atoms with Gasteiger partial charge in [0.05, 0.1) is 22.7 Å². The zero-order chi connectivity index (χ0) is 20.4. The second kappa shape index (κ2) is 7.69. The van der Waals surface area contributed by atoms with Gasteiger partial charge >= 0.3 is 0 Å². The second-order valence-corrected chi connectivity index (χ2v) is 8.52. The molecule has 0 fully saturated rings. The number of sulfonamides is 1. The number of amides is 1. The molecule has 0 aliphatic carbocycles. The molecule has 0 unspecified atom stereocenters. The summed E-state index contributed by atoms with van der Waals surface area (Å²) in [6, 6.07) is 22.0. The highest BCUT2D eigenvalue weighted by Crippen LogP contribution is 2.38. The zero-order valence-corrected chi connectivity index (χ0v) is 16.5. The first-order valence-corrected chi connectivity index (χ1v) is 10.8. The Morgan fingerprint density at radius 3 is 2.31 bits per heavy atom. The minimum absolute atomic E-state index is 0.0275. The highest BCUT2D eigenvalue weighted by atomic mass is 32.2. The van der Waals surface area contributed by atoms with Crippen molar-refractivity contribution in [1.82, 2.24) is 0 Å². The lowest BCUT2D eigenvalue weighted by Crippen LogP contribution is -2.19. The molecular formula is C22H21N3O3S. The van der Waals surface area contributed by atoms with E-state index in [9.17, 15) is 13.2 Å². The molecule has 1 aliphatic heterocycles. The van der Waals surface area contributed by atoms with Gasteiger partial charge in [-0.25, -0.2) is 13.6 Å². The van der Waals surface area contributed by atoms with Crippen molar-refractivity contribution in [2.75, 3.05) is 16.8 Å². The number of carbonyl (C=O) groups is 1. The topological polar surface area (TPSA) is 92.5 Å². The van der Waals surface area contributed by atoms with E-state index in [-0.39, 0.29) is 17.2 Å². The van der Waals surface area contributed by atoms with Gasteiger partial charge in [0.15, 0.2) is 0 Å². The summed E-state index contributed by atoms with van der Waals surface area (Å²) in [6.45, 7) is 0.862. The molecule has 1 heterocycles. The van der Waals surface area contributed by atoms with Crippen LogP contribution in [0.5, 0.6) is 0 Å². The van der Waals surface area contributed by atoms with Crippen LogP contribution in [0.4, 0.5) is 17.1 Å². The molecule has 148 valence electrons. The number of nitrogens with two attached hydrogens (primary N) is 1. The van der Waals surface area contributed by atoms with Crippen molar-refractivity contribution in [3.05, 3.63) is 83.9 Å². The molecule has 0 saturated carbocycles. The number of rotatable bonds is 5. The third-order valence-corrected chi connectivity index (χ3v) is 5.90. The number of nitrogens with one attached hydrogen (secondary N) is 1. The van der Waals surface area contributed by atoms with Crippen LogP contribution < -0.4 is 15.4 Å². The summed E-state index contributed by atoms with van der Waals surface area (Å²) in [5, 5.41) is 8.10. The standard InChI is InChI=1S/C22H21N3O3S/c23-29(27,28)18-11-9-16(10-12-18)15-22(26)24-19-6-2-4-8-21(19)25-14-13-17-5-1-3-7-20(17)25/h1-12H,13-15H2,(H,24,26)(H2,23,27,28). The first-order valence-electron chi connectivity index (χ1n) is 9.28. The van der Waals surface area contributed by atoms with E-state index >= 15 is 0 Å². The van der Waals surface area contributed by atoms with Gasteiger partial charge in [-0.3, -0.25) is 4.79 Å². The monoisotopic (exact) mass is 407 g/mol. The maximum atomic E-state index is 12.6. The lowest BCUT2D eigenvalue weighted by molar-refractivity contribution is -0.115. The summed E-state index contributed by atoms with van der Waals surface area (Å²) < 4.78 is 22.7. The Balaban J connectivity index is 1.51. The molecule has 1 amide bonds. The van der Waals surface area contributed by atoms with Crippen LogP contribution in [0.15, 0.2) is 77.7 Å². The molecule has 0 bridgehead atoms. The van der Waals surface area contributed by atoms with Crippen molar-refractivity contribution in [1.29, 1.82) is 0 Å². The van der Waals surface area contributed by atoms with E-state index in [0.29, 0.717) is 5.56 Å². The van der Waals surface area contributed by atoms with E-state index in [2.05, 4.69) is 22.3 Å². The molecule has 3 N–H and O–H groups in total. The number of anilines is 3. The number of hydrogen-bond donors (Lipinski definition) is 2. The van der Waals surface area contributed by atoms with Crippen molar-refractivity contribution in [3.8, 4) is 0 Å². The van der Waals surface area contributed by atoms with Gasteiger partial charge in [-0.2, -0.15) is 0 Å². The number of primary sulfonamides is 1. The third kappa shape index (κ3) is 4.16. The smallest absolute Gasteiger partial charge is 0.238 e. The first kappa shape index (κ1) is 19.2. The molecule has 0 spiro atoms. The van der Waals surface area contributed by atoms with Crippen molar-refractivity contribution < 1.29 is 13.2 Å². The molecule has 3 aromatic carbocycles. The summed E-state index contributed by atoms with van der Waals surface area (Å²) >= 11 is 0. The normalized spacial score (nSPS) is 13.2. The number of benzene rings is 3. The lowest BCUT2D eigenvalue weighted by atomic mass is 10.1. The van der Waals surface area contributed by atoms with Crippen LogP contribution in [-0.4, -0.2) is 20.9 Å². The minimum Gasteiger partial charge on any atom is -0.339 e. The maximum Gasteiger partial charge on any atom is 0.238 e. The zero-order valence-electron chi connectivity index (χ0n) is 15.7. The summed E-state index contributed by atoms with van der Waals surface area (Å²) in [5.74, 6) is -0.173. The molecule has 0 saturated heterocycles. The molecule has 7 heteroatoms. The van der Waals surface area contributed by atoms with Crippen molar-refractivity contribution in [2.24, 2.45) is 5.14 Å². The minimum atomic E-state index is -3.74. The predicted octanol–water partition coefficient (Wildman–Crippen LogP) is 3.21. The van der Waals surface area contributed by atoms with Crippen LogP contribution in [0.2, 0.25) is 0 Å². The highest BCUT2D eigenvalue weighted by molar-refractivity contribution is 7.89. The van der Waals surface area contributed by atoms with Crippen LogP contribution in [0.1, 0.15) is 11.1 Å². The summed E-state index contributed by atoms with van der Waals surface area (Å²) in [7, 11) is -3.74. The Hall–Kier alpha value is -3.16. The summed E-state index contributed by atoms with van der Waals surface area (Å²) in [6.07, 6.45) is 1.10. The van der Waals surface area contributed by atoms with Crippen LogP contribution >= 0.6 is 0 Å². The van der Waals surface area contributed by atoms with Gasteiger partial charge in [0.25, 0.3) is 0 Å². The predicted molar refractivity (Wildman–Crippen MR) is 114 cm³/mol.